The fourth-order valence-corrected chi connectivity index (χ4v) is 2.39. The Morgan fingerprint density at radius 2 is 2.28 bits per heavy atom. The predicted octanol–water partition coefficient (Wildman–Crippen LogP) is 2.95. The van der Waals surface area contributed by atoms with E-state index in [1.165, 1.54) is 0 Å². The van der Waals surface area contributed by atoms with Crippen LogP contribution in [0.5, 0.6) is 0 Å². The maximum atomic E-state index is 12.4. The van der Waals surface area contributed by atoms with Crippen molar-refractivity contribution in [2.45, 2.75) is 53.0 Å². The lowest BCUT2D eigenvalue weighted by molar-refractivity contribution is -0.140. The van der Waals surface area contributed by atoms with Crippen LogP contribution in [0.2, 0.25) is 0 Å². The number of hydrogen-bond acceptors (Lipinski definition) is 3. The smallest absolute Gasteiger partial charge is 0.228 e. The van der Waals surface area contributed by atoms with E-state index in [1.54, 1.807) is 0 Å². The SMILES string of the molecule is CCc1cc([C@@H]2CCCN2C(=O)C(C)(C)C)on1. The van der Waals surface area contributed by atoms with Crippen LogP contribution in [0.15, 0.2) is 10.6 Å². The number of likely N-dealkylation sites (tertiary alicyclic amines) is 1. The van der Waals surface area contributed by atoms with Gasteiger partial charge in [0.2, 0.25) is 5.91 Å². The highest BCUT2D eigenvalue weighted by Gasteiger charge is 2.37. The molecule has 0 unspecified atom stereocenters. The molecule has 1 amide bonds. The number of hydrogen-bond donors (Lipinski definition) is 0. The highest BCUT2D eigenvalue weighted by Crippen LogP contribution is 2.35. The van der Waals surface area contributed by atoms with Crippen LogP contribution in [-0.2, 0) is 11.2 Å². The van der Waals surface area contributed by atoms with Crippen molar-refractivity contribution in [2.24, 2.45) is 5.41 Å². The van der Waals surface area contributed by atoms with E-state index in [9.17, 15) is 4.79 Å². The zero-order chi connectivity index (χ0) is 13.3. The number of amides is 1. The number of carbonyl (C=O) groups excluding carboxylic acids is 1. The summed E-state index contributed by atoms with van der Waals surface area (Å²) >= 11 is 0. The van der Waals surface area contributed by atoms with Crippen LogP contribution in [0, 0.1) is 5.41 Å². The molecule has 0 N–H and O–H groups in total. The fourth-order valence-electron chi connectivity index (χ4n) is 2.39. The fraction of sp³-hybridized carbons (Fsp3) is 0.714. The van der Waals surface area contributed by atoms with Gasteiger partial charge in [-0.15, -0.1) is 0 Å². The number of nitrogens with zero attached hydrogens (tertiary/aromatic N) is 2. The molecule has 2 heterocycles. The molecule has 4 nitrogen and oxygen atoms in total. The third-order valence-electron chi connectivity index (χ3n) is 3.42. The summed E-state index contributed by atoms with van der Waals surface area (Å²) < 4.78 is 5.39. The quantitative estimate of drug-likeness (QED) is 0.810. The van der Waals surface area contributed by atoms with E-state index in [4.69, 9.17) is 4.52 Å². The molecule has 1 aliphatic heterocycles. The molecule has 0 aromatic carbocycles. The molecule has 1 fully saturated rings. The Hall–Kier alpha value is -1.32. The molecule has 1 aliphatic rings. The third kappa shape index (κ3) is 2.42. The van der Waals surface area contributed by atoms with Crippen LogP contribution in [-0.4, -0.2) is 22.5 Å². The van der Waals surface area contributed by atoms with E-state index < -0.39 is 0 Å². The van der Waals surface area contributed by atoms with Crippen molar-refractivity contribution >= 4 is 5.91 Å². The molecule has 1 saturated heterocycles. The van der Waals surface area contributed by atoms with Crippen LogP contribution in [0.25, 0.3) is 0 Å². The van der Waals surface area contributed by atoms with Crippen LogP contribution in [0.3, 0.4) is 0 Å². The van der Waals surface area contributed by atoms with E-state index in [2.05, 4.69) is 5.16 Å². The van der Waals surface area contributed by atoms with Crippen molar-refractivity contribution in [3.63, 3.8) is 0 Å². The Kier molecular flexibility index (Phi) is 3.46. The first-order valence-corrected chi connectivity index (χ1v) is 6.70. The standard InChI is InChI=1S/C14H22N2O2/c1-5-10-9-12(18-15-10)11-7-6-8-16(11)13(17)14(2,3)4/h9,11H,5-8H2,1-4H3/t11-/m0/s1. The number of aryl methyl sites for hydroxylation is 1. The first-order chi connectivity index (χ1) is 8.43. The summed E-state index contributed by atoms with van der Waals surface area (Å²) in [7, 11) is 0. The van der Waals surface area contributed by atoms with Crippen LogP contribution in [0.1, 0.15) is 58.0 Å². The lowest BCUT2D eigenvalue weighted by atomic mass is 9.94. The highest BCUT2D eigenvalue weighted by molar-refractivity contribution is 5.82. The highest BCUT2D eigenvalue weighted by atomic mass is 16.5. The summed E-state index contributed by atoms with van der Waals surface area (Å²) in [6, 6.07) is 2.06. The number of rotatable bonds is 2. The van der Waals surface area contributed by atoms with Gasteiger partial charge in [0.05, 0.1) is 11.7 Å². The third-order valence-corrected chi connectivity index (χ3v) is 3.42. The van der Waals surface area contributed by atoms with Crippen molar-refractivity contribution in [1.29, 1.82) is 0 Å². The summed E-state index contributed by atoms with van der Waals surface area (Å²) in [5.41, 5.74) is 0.621. The summed E-state index contributed by atoms with van der Waals surface area (Å²) in [5.74, 6) is 1.03. The summed E-state index contributed by atoms with van der Waals surface area (Å²) in [4.78, 5) is 14.3. The Balaban J connectivity index is 2.20. The molecule has 0 saturated carbocycles. The van der Waals surface area contributed by atoms with E-state index in [0.717, 1.165) is 37.3 Å². The van der Waals surface area contributed by atoms with Gasteiger partial charge >= 0.3 is 0 Å². The van der Waals surface area contributed by atoms with Gasteiger partial charge in [0.15, 0.2) is 5.76 Å². The molecule has 100 valence electrons. The first kappa shape index (κ1) is 13.1. The largest absolute Gasteiger partial charge is 0.359 e. The molecule has 0 spiro atoms. The second kappa shape index (κ2) is 4.75. The minimum absolute atomic E-state index is 0.0736. The Morgan fingerprint density at radius 3 is 2.83 bits per heavy atom. The summed E-state index contributed by atoms with van der Waals surface area (Å²) in [5, 5.41) is 4.02. The predicted molar refractivity (Wildman–Crippen MR) is 69.0 cm³/mol. The van der Waals surface area contributed by atoms with Crippen molar-refractivity contribution in [2.75, 3.05) is 6.54 Å². The maximum absolute atomic E-state index is 12.4. The van der Waals surface area contributed by atoms with Gasteiger partial charge in [-0.25, -0.2) is 0 Å². The molecule has 1 aromatic heterocycles. The topological polar surface area (TPSA) is 46.3 Å². The number of aromatic nitrogens is 1. The van der Waals surface area contributed by atoms with E-state index in [0.29, 0.717) is 0 Å². The Labute approximate surface area is 108 Å². The second-order valence-electron chi connectivity index (χ2n) is 5.98. The lowest BCUT2D eigenvalue weighted by Crippen LogP contribution is -2.38. The van der Waals surface area contributed by atoms with Gasteiger partial charge in [-0.3, -0.25) is 4.79 Å². The molecule has 2 rings (SSSR count). The zero-order valence-electron chi connectivity index (χ0n) is 11.7. The van der Waals surface area contributed by atoms with Crippen molar-refractivity contribution < 1.29 is 9.32 Å². The second-order valence-corrected chi connectivity index (χ2v) is 5.98. The van der Waals surface area contributed by atoms with Gasteiger partial charge in [0, 0.05) is 18.0 Å². The molecule has 0 aliphatic carbocycles. The van der Waals surface area contributed by atoms with E-state index >= 15 is 0 Å². The minimum atomic E-state index is -0.337. The van der Waals surface area contributed by atoms with Gasteiger partial charge in [-0.05, 0) is 19.3 Å². The zero-order valence-corrected chi connectivity index (χ0v) is 11.7. The summed E-state index contributed by atoms with van der Waals surface area (Å²) in [6.07, 6.45) is 2.87. The summed E-state index contributed by atoms with van der Waals surface area (Å²) in [6.45, 7) is 8.75. The molecule has 1 atom stereocenters. The molecular formula is C14H22N2O2. The van der Waals surface area contributed by atoms with Gasteiger partial charge in [-0.2, -0.15) is 0 Å². The monoisotopic (exact) mass is 250 g/mol. The normalized spacial score (nSPS) is 20.4. The van der Waals surface area contributed by atoms with Crippen molar-refractivity contribution in [3.05, 3.63) is 17.5 Å². The molecule has 18 heavy (non-hydrogen) atoms. The molecule has 0 bridgehead atoms. The Morgan fingerprint density at radius 1 is 1.56 bits per heavy atom. The maximum Gasteiger partial charge on any atom is 0.228 e. The van der Waals surface area contributed by atoms with Gasteiger partial charge < -0.3 is 9.42 Å². The van der Waals surface area contributed by atoms with Crippen LogP contribution >= 0.6 is 0 Å². The van der Waals surface area contributed by atoms with Crippen LogP contribution in [0.4, 0.5) is 0 Å². The van der Waals surface area contributed by atoms with Gasteiger partial charge in [0.25, 0.3) is 0 Å². The average Bonchev–Trinajstić information content (AvgIpc) is 2.94. The average molecular weight is 250 g/mol. The van der Waals surface area contributed by atoms with Crippen molar-refractivity contribution in [1.82, 2.24) is 10.1 Å². The van der Waals surface area contributed by atoms with E-state index in [-0.39, 0.29) is 17.4 Å². The lowest BCUT2D eigenvalue weighted by Gasteiger charge is -2.29. The first-order valence-electron chi connectivity index (χ1n) is 6.70. The minimum Gasteiger partial charge on any atom is -0.359 e. The molecular weight excluding hydrogens is 228 g/mol. The molecule has 1 aromatic rings. The van der Waals surface area contributed by atoms with Crippen LogP contribution < -0.4 is 0 Å². The van der Waals surface area contributed by atoms with Crippen molar-refractivity contribution in [3.8, 4) is 0 Å². The molecule has 0 radical (unpaired) electrons. The molecule has 4 heteroatoms. The van der Waals surface area contributed by atoms with Gasteiger partial charge in [0.1, 0.15) is 0 Å². The van der Waals surface area contributed by atoms with Gasteiger partial charge in [-0.1, -0.05) is 32.9 Å². The Bertz CT molecular complexity index is 431. The number of carbonyl (C=O) groups is 1. The van der Waals surface area contributed by atoms with E-state index in [1.807, 2.05) is 38.7 Å².